The summed E-state index contributed by atoms with van der Waals surface area (Å²) in [6, 6.07) is 5.99. The first-order chi connectivity index (χ1) is 9.61. The number of carbonyl (C=O) groups excluding carboxylic acids is 1. The van der Waals surface area contributed by atoms with Gasteiger partial charge in [-0.25, -0.2) is 9.37 Å². The summed E-state index contributed by atoms with van der Waals surface area (Å²) in [5.74, 6) is -0.426. The van der Waals surface area contributed by atoms with Gasteiger partial charge >= 0.3 is 0 Å². The van der Waals surface area contributed by atoms with E-state index in [1.165, 1.54) is 17.0 Å². The highest BCUT2D eigenvalue weighted by atomic mass is 32.1. The van der Waals surface area contributed by atoms with Crippen molar-refractivity contribution in [1.82, 2.24) is 4.98 Å². The zero-order valence-corrected chi connectivity index (χ0v) is 12.0. The van der Waals surface area contributed by atoms with Gasteiger partial charge in [0.2, 0.25) is 5.91 Å². The molecule has 3 rings (SSSR count). The summed E-state index contributed by atoms with van der Waals surface area (Å²) in [6.07, 6.45) is 2.39. The van der Waals surface area contributed by atoms with Crippen molar-refractivity contribution in [3.05, 3.63) is 45.7 Å². The van der Waals surface area contributed by atoms with Crippen LogP contribution in [0.3, 0.4) is 0 Å². The Kier molecular flexibility index (Phi) is 3.53. The molecular weight excluding hydrogens is 275 g/mol. The first-order valence-electron chi connectivity index (χ1n) is 6.63. The number of hydrogen-bond acceptors (Lipinski definition) is 3. The molecule has 1 aromatic carbocycles. The lowest BCUT2D eigenvalue weighted by Gasteiger charge is -2.20. The maximum absolute atomic E-state index is 13.1. The van der Waals surface area contributed by atoms with E-state index in [1.807, 2.05) is 6.92 Å². The molecule has 1 amide bonds. The number of amides is 1. The number of halogens is 1. The maximum atomic E-state index is 13.1. The molecule has 1 aliphatic carbocycles. The summed E-state index contributed by atoms with van der Waals surface area (Å²) < 4.78 is 13.1. The van der Waals surface area contributed by atoms with Crippen LogP contribution >= 0.6 is 11.3 Å². The van der Waals surface area contributed by atoms with Crippen LogP contribution in [0.15, 0.2) is 24.3 Å². The van der Waals surface area contributed by atoms with Gasteiger partial charge in [-0.2, -0.15) is 0 Å². The Balaban J connectivity index is 1.70. The van der Waals surface area contributed by atoms with Crippen LogP contribution in [-0.2, 0) is 17.6 Å². The second kappa shape index (κ2) is 5.32. The molecule has 0 spiro atoms. The van der Waals surface area contributed by atoms with Crippen LogP contribution in [0.25, 0.3) is 0 Å². The Labute approximate surface area is 120 Å². The van der Waals surface area contributed by atoms with Crippen molar-refractivity contribution < 1.29 is 9.18 Å². The number of thiazole rings is 1. The van der Waals surface area contributed by atoms with Crippen LogP contribution in [0.4, 0.5) is 10.1 Å². The highest BCUT2D eigenvalue weighted by molar-refractivity contribution is 7.11. The van der Waals surface area contributed by atoms with Gasteiger partial charge in [0.05, 0.1) is 10.7 Å². The molecule has 5 heteroatoms. The number of aromatic nitrogens is 1. The molecule has 0 bridgehead atoms. The molecular formula is C15H15FN2OS. The van der Waals surface area contributed by atoms with Crippen molar-refractivity contribution in [3.63, 3.8) is 0 Å². The lowest BCUT2D eigenvalue weighted by molar-refractivity contribution is -0.120. The third-order valence-electron chi connectivity index (χ3n) is 3.51. The Hall–Kier alpha value is -1.75. The monoisotopic (exact) mass is 290 g/mol. The zero-order valence-electron chi connectivity index (χ0n) is 11.1. The molecule has 104 valence electrons. The molecule has 1 aromatic heterocycles. The molecule has 3 nitrogen and oxygen atoms in total. The van der Waals surface area contributed by atoms with E-state index in [1.54, 1.807) is 23.5 Å². The summed E-state index contributed by atoms with van der Waals surface area (Å²) in [7, 11) is 0. The number of fused-ring (bicyclic) bond motifs is 1. The fourth-order valence-electron chi connectivity index (χ4n) is 2.54. The molecule has 2 aromatic rings. The SMILES string of the molecule is Cc1nc2c(s1)CC(C(=O)Nc1cccc(F)c1)CC2. The van der Waals surface area contributed by atoms with Gasteiger partial charge in [-0.3, -0.25) is 4.79 Å². The van der Waals surface area contributed by atoms with Gasteiger partial charge in [0.25, 0.3) is 0 Å². The van der Waals surface area contributed by atoms with Gasteiger partial charge in [-0.1, -0.05) is 6.07 Å². The van der Waals surface area contributed by atoms with Crippen LogP contribution in [0.1, 0.15) is 22.0 Å². The number of nitrogens with zero attached hydrogens (tertiary/aromatic N) is 1. The van der Waals surface area contributed by atoms with Crippen molar-refractivity contribution in [3.8, 4) is 0 Å². The topological polar surface area (TPSA) is 42.0 Å². The predicted octanol–water partition coefficient (Wildman–Crippen LogP) is 3.33. The molecule has 20 heavy (non-hydrogen) atoms. The molecule has 0 saturated carbocycles. The molecule has 0 radical (unpaired) electrons. The minimum atomic E-state index is -0.341. The van der Waals surface area contributed by atoms with Crippen LogP contribution < -0.4 is 5.32 Å². The highest BCUT2D eigenvalue weighted by Crippen LogP contribution is 2.30. The van der Waals surface area contributed by atoms with E-state index >= 15 is 0 Å². The summed E-state index contributed by atoms with van der Waals surface area (Å²) in [4.78, 5) is 17.9. The van der Waals surface area contributed by atoms with E-state index in [0.29, 0.717) is 5.69 Å². The smallest absolute Gasteiger partial charge is 0.227 e. The normalized spacial score (nSPS) is 17.6. The number of hydrogen-bond donors (Lipinski definition) is 1. The van der Waals surface area contributed by atoms with Gasteiger partial charge in [0, 0.05) is 16.5 Å². The fraction of sp³-hybridized carbons (Fsp3) is 0.333. The van der Waals surface area contributed by atoms with Crippen molar-refractivity contribution in [2.24, 2.45) is 5.92 Å². The van der Waals surface area contributed by atoms with Crippen LogP contribution in [0, 0.1) is 18.7 Å². The van der Waals surface area contributed by atoms with E-state index in [2.05, 4.69) is 10.3 Å². The Morgan fingerprint density at radius 2 is 2.35 bits per heavy atom. The lowest BCUT2D eigenvalue weighted by atomic mass is 9.90. The van der Waals surface area contributed by atoms with Crippen LogP contribution in [0.2, 0.25) is 0 Å². The molecule has 0 aliphatic heterocycles. The predicted molar refractivity (Wildman–Crippen MR) is 77.4 cm³/mol. The first kappa shape index (κ1) is 13.2. The van der Waals surface area contributed by atoms with E-state index in [-0.39, 0.29) is 17.6 Å². The molecule has 0 fully saturated rings. The Bertz CT molecular complexity index is 653. The van der Waals surface area contributed by atoms with Crippen molar-refractivity contribution in [1.29, 1.82) is 0 Å². The summed E-state index contributed by atoms with van der Waals surface area (Å²) in [6.45, 7) is 1.99. The Morgan fingerprint density at radius 3 is 3.15 bits per heavy atom. The Morgan fingerprint density at radius 1 is 1.50 bits per heavy atom. The minimum Gasteiger partial charge on any atom is -0.326 e. The standard InChI is InChI=1S/C15H15FN2OS/c1-9-17-13-6-5-10(7-14(13)20-9)15(19)18-12-4-2-3-11(16)8-12/h2-4,8,10H,5-7H2,1H3,(H,18,19). The maximum Gasteiger partial charge on any atom is 0.227 e. The first-order valence-corrected chi connectivity index (χ1v) is 7.45. The van der Waals surface area contributed by atoms with Crippen molar-refractivity contribution in [2.45, 2.75) is 26.2 Å². The van der Waals surface area contributed by atoms with Gasteiger partial charge in [0.15, 0.2) is 0 Å². The molecule has 0 saturated heterocycles. The van der Waals surface area contributed by atoms with E-state index in [9.17, 15) is 9.18 Å². The van der Waals surface area contributed by atoms with E-state index < -0.39 is 0 Å². The van der Waals surface area contributed by atoms with Crippen molar-refractivity contribution >= 4 is 22.9 Å². The second-order valence-corrected chi connectivity index (χ2v) is 6.33. The summed E-state index contributed by atoms with van der Waals surface area (Å²) in [5, 5.41) is 3.85. The summed E-state index contributed by atoms with van der Waals surface area (Å²) in [5.41, 5.74) is 1.66. The number of benzene rings is 1. The zero-order chi connectivity index (χ0) is 14.1. The average Bonchev–Trinajstić information content (AvgIpc) is 2.77. The van der Waals surface area contributed by atoms with Gasteiger partial charge < -0.3 is 5.32 Å². The number of carbonyl (C=O) groups is 1. The largest absolute Gasteiger partial charge is 0.326 e. The van der Waals surface area contributed by atoms with Gasteiger partial charge in [-0.05, 0) is 44.4 Å². The number of anilines is 1. The molecule has 1 heterocycles. The fourth-order valence-corrected chi connectivity index (χ4v) is 3.60. The van der Waals surface area contributed by atoms with Crippen molar-refractivity contribution in [2.75, 3.05) is 5.32 Å². The van der Waals surface area contributed by atoms with E-state index in [4.69, 9.17) is 0 Å². The molecule has 1 unspecified atom stereocenters. The van der Waals surface area contributed by atoms with Gasteiger partial charge in [-0.15, -0.1) is 11.3 Å². The van der Waals surface area contributed by atoms with Gasteiger partial charge in [0.1, 0.15) is 5.82 Å². The van der Waals surface area contributed by atoms with Crippen LogP contribution in [-0.4, -0.2) is 10.9 Å². The average molecular weight is 290 g/mol. The second-order valence-electron chi connectivity index (χ2n) is 5.04. The number of aryl methyl sites for hydroxylation is 2. The molecule has 1 N–H and O–H groups in total. The summed E-state index contributed by atoms with van der Waals surface area (Å²) >= 11 is 1.67. The molecule has 1 atom stereocenters. The number of rotatable bonds is 2. The lowest BCUT2D eigenvalue weighted by Crippen LogP contribution is -2.27. The van der Waals surface area contributed by atoms with E-state index in [0.717, 1.165) is 30.0 Å². The van der Waals surface area contributed by atoms with Crippen LogP contribution in [0.5, 0.6) is 0 Å². The number of nitrogens with one attached hydrogen (secondary N) is 1. The third-order valence-corrected chi connectivity index (χ3v) is 4.54. The quantitative estimate of drug-likeness (QED) is 0.921. The minimum absolute atomic E-state index is 0.0349. The molecule has 1 aliphatic rings. The highest BCUT2D eigenvalue weighted by Gasteiger charge is 2.27. The third kappa shape index (κ3) is 2.72.